The molecule has 3 heteroatoms. The first-order valence-corrected chi connectivity index (χ1v) is 7.53. The van der Waals surface area contributed by atoms with Gasteiger partial charge in [0.25, 0.3) is 0 Å². The van der Waals surface area contributed by atoms with E-state index in [1.54, 1.807) is 0 Å². The molecule has 0 aliphatic rings. The number of rotatable bonds is 3. The SMILES string of the molecule is CC(C)(C)C(c1ccccc1)(c1ccccc1)n1cnnc1. The predicted octanol–water partition coefficient (Wildman–Crippen LogP) is 4.12. The first-order valence-electron chi connectivity index (χ1n) is 7.53. The standard InChI is InChI=1S/C19H21N3/c1-18(2,3)19(22-14-20-21-15-22,16-10-6-4-7-11-16)17-12-8-5-9-13-17/h4-15H,1-3H3. The number of hydrogen-bond donors (Lipinski definition) is 0. The Balaban J connectivity index is 2.39. The molecule has 0 atom stereocenters. The van der Waals surface area contributed by atoms with Crippen molar-refractivity contribution in [3.8, 4) is 0 Å². The van der Waals surface area contributed by atoms with Crippen LogP contribution in [0.5, 0.6) is 0 Å². The highest BCUT2D eigenvalue weighted by Crippen LogP contribution is 2.47. The van der Waals surface area contributed by atoms with E-state index in [4.69, 9.17) is 0 Å². The summed E-state index contributed by atoms with van der Waals surface area (Å²) in [5.74, 6) is 0. The highest BCUT2D eigenvalue weighted by atomic mass is 15.3. The molecule has 0 fully saturated rings. The van der Waals surface area contributed by atoms with Gasteiger partial charge in [-0.15, -0.1) is 10.2 Å². The molecule has 3 nitrogen and oxygen atoms in total. The molecule has 0 spiro atoms. The molecule has 0 aliphatic carbocycles. The molecule has 3 aromatic rings. The Morgan fingerprint density at radius 2 is 1.09 bits per heavy atom. The van der Waals surface area contributed by atoms with Crippen LogP contribution in [-0.2, 0) is 5.54 Å². The Labute approximate surface area is 131 Å². The van der Waals surface area contributed by atoms with Crippen LogP contribution in [0.1, 0.15) is 31.9 Å². The quantitative estimate of drug-likeness (QED) is 0.727. The summed E-state index contributed by atoms with van der Waals surface area (Å²) in [4.78, 5) is 0. The zero-order valence-electron chi connectivity index (χ0n) is 13.3. The highest BCUT2D eigenvalue weighted by molar-refractivity contribution is 5.42. The minimum atomic E-state index is -0.362. The Kier molecular flexibility index (Phi) is 3.57. The second kappa shape index (κ2) is 5.41. The zero-order chi connectivity index (χ0) is 15.6. The van der Waals surface area contributed by atoms with Gasteiger partial charge in [0, 0.05) is 0 Å². The smallest absolute Gasteiger partial charge is 0.120 e. The number of nitrogens with zero attached hydrogens (tertiary/aromatic N) is 3. The van der Waals surface area contributed by atoms with Gasteiger partial charge >= 0.3 is 0 Å². The monoisotopic (exact) mass is 291 g/mol. The maximum Gasteiger partial charge on any atom is 0.120 e. The van der Waals surface area contributed by atoms with Gasteiger partial charge in [-0.2, -0.15) is 0 Å². The van der Waals surface area contributed by atoms with E-state index in [9.17, 15) is 0 Å². The summed E-state index contributed by atoms with van der Waals surface area (Å²) in [7, 11) is 0. The van der Waals surface area contributed by atoms with Gasteiger partial charge in [-0.05, 0) is 16.5 Å². The van der Waals surface area contributed by atoms with Crippen molar-refractivity contribution in [2.24, 2.45) is 5.41 Å². The number of hydrogen-bond acceptors (Lipinski definition) is 2. The van der Waals surface area contributed by atoms with Crippen LogP contribution in [0.4, 0.5) is 0 Å². The van der Waals surface area contributed by atoms with Gasteiger partial charge in [0.1, 0.15) is 18.2 Å². The molecular formula is C19H21N3. The molecule has 0 radical (unpaired) electrons. The highest BCUT2D eigenvalue weighted by Gasteiger charge is 2.46. The summed E-state index contributed by atoms with van der Waals surface area (Å²) in [6.07, 6.45) is 3.62. The average molecular weight is 291 g/mol. The van der Waals surface area contributed by atoms with Crippen molar-refractivity contribution >= 4 is 0 Å². The van der Waals surface area contributed by atoms with Crippen LogP contribution in [0.15, 0.2) is 73.3 Å². The lowest BCUT2D eigenvalue weighted by Gasteiger charge is -2.46. The Hall–Kier alpha value is -2.42. The van der Waals surface area contributed by atoms with E-state index in [0.717, 1.165) is 0 Å². The third kappa shape index (κ3) is 2.13. The molecule has 22 heavy (non-hydrogen) atoms. The van der Waals surface area contributed by atoms with Crippen molar-refractivity contribution < 1.29 is 0 Å². The molecule has 0 amide bonds. The Morgan fingerprint density at radius 1 is 0.682 bits per heavy atom. The summed E-state index contributed by atoms with van der Waals surface area (Å²) >= 11 is 0. The summed E-state index contributed by atoms with van der Waals surface area (Å²) in [6, 6.07) is 21.2. The van der Waals surface area contributed by atoms with Crippen LogP contribution >= 0.6 is 0 Å². The summed E-state index contributed by atoms with van der Waals surface area (Å²) < 4.78 is 2.12. The van der Waals surface area contributed by atoms with Crippen molar-refractivity contribution in [2.75, 3.05) is 0 Å². The summed E-state index contributed by atoms with van der Waals surface area (Å²) in [5, 5.41) is 8.13. The molecule has 3 rings (SSSR count). The summed E-state index contributed by atoms with van der Waals surface area (Å²) in [5.41, 5.74) is 2.03. The van der Waals surface area contributed by atoms with Crippen molar-refractivity contribution in [1.82, 2.24) is 14.8 Å². The normalized spacial score (nSPS) is 12.3. The van der Waals surface area contributed by atoms with Crippen molar-refractivity contribution in [2.45, 2.75) is 26.3 Å². The Bertz CT molecular complexity index is 671. The topological polar surface area (TPSA) is 30.7 Å². The van der Waals surface area contributed by atoms with E-state index in [1.807, 2.05) is 24.8 Å². The first-order chi connectivity index (χ1) is 10.6. The van der Waals surface area contributed by atoms with E-state index < -0.39 is 0 Å². The lowest BCUT2D eigenvalue weighted by atomic mass is 9.65. The van der Waals surface area contributed by atoms with E-state index >= 15 is 0 Å². The third-order valence-electron chi connectivity index (χ3n) is 4.27. The van der Waals surface area contributed by atoms with Crippen LogP contribution in [-0.4, -0.2) is 14.8 Å². The van der Waals surface area contributed by atoms with Gasteiger partial charge in [-0.25, -0.2) is 0 Å². The van der Waals surface area contributed by atoms with E-state index in [1.165, 1.54) is 11.1 Å². The van der Waals surface area contributed by atoms with Crippen LogP contribution in [0.2, 0.25) is 0 Å². The fraction of sp³-hybridized carbons (Fsp3) is 0.263. The van der Waals surface area contributed by atoms with Crippen molar-refractivity contribution in [1.29, 1.82) is 0 Å². The second-order valence-electron chi connectivity index (χ2n) is 6.56. The van der Waals surface area contributed by atoms with Crippen LogP contribution in [0.3, 0.4) is 0 Å². The number of aromatic nitrogens is 3. The number of benzene rings is 2. The molecule has 1 heterocycles. The zero-order valence-corrected chi connectivity index (χ0v) is 13.3. The van der Waals surface area contributed by atoms with Crippen molar-refractivity contribution in [3.63, 3.8) is 0 Å². The predicted molar refractivity (Wildman–Crippen MR) is 88.5 cm³/mol. The molecule has 0 bridgehead atoms. The van der Waals surface area contributed by atoms with Gasteiger partial charge in [-0.1, -0.05) is 81.4 Å². The minimum absolute atomic E-state index is 0.0713. The van der Waals surface area contributed by atoms with Gasteiger partial charge in [0.2, 0.25) is 0 Å². The molecule has 112 valence electrons. The largest absolute Gasteiger partial charge is 0.305 e. The van der Waals surface area contributed by atoms with Crippen molar-refractivity contribution in [3.05, 3.63) is 84.4 Å². The minimum Gasteiger partial charge on any atom is -0.305 e. The van der Waals surface area contributed by atoms with Gasteiger partial charge < -0.3 is 4.57 Å². The van der Waals surface area contributed by atoms with E-state index in [2.05, 4.69) is 84.1 Å². The van der Waals surface area contributed by atoms with Crippen LogP contribution < -0.4 is 0 Å². The fourth-order valence-electron chi connectivity index (χ4n) is 3.45. The molecule has 0 aliphatic heterocycles. The molecule has 0 N–H and O–H groups in total. The van der Waals surface area contributed by atoms with E-state index in [0.29, 0.717) is 0 Å². The molecular weight excluding hydrogens is 270 g/mol. The maximum absolute atomic E-state index is 4.07. The van der Waals surface area contributed by atoms with Gasteiger partial charge in [-0.3, -0.25) is 0 Å². The molecule has 0 unspecified atom stereocenters. The molecule has 0 saturated heterocycles. The van der Waals surface area contributed by atoms with Gasteiger partial charge in [0.05, 0.1) is 0 Å². The third-order valence-corrected chi connectivity index (χ3v) is 4.27. The fourth-order valence-corrected chi connectivity index (χ4v) is 3.45. The van der Waals surface area contributed by atoms with E-state index in [-0.39, 0.29) is 11.0 Å². The average Bonchev–Trinajstić information content (AvgIpc) is 3.03. The van der Waals surface area contributed by atoms with Crippen LogP contribution in [0.25, 0.3) is 0 Å². The van der Waals surface area contributed by atoms with Crippen LogP contribution in [0, 0.1) is 5.41 Å². The lowest BCUT2D eigenvalue weighted by Crippen LogP contribution is -2.47. The first kappa shape index (κ1) is 14.5. The molecule has 2 aromatic carbocycles. The maximum atomic E-state index is 4.07. The molecule has 0 saturated carbocycles. The Morgan fingerprint density at radius 3 is 1.45 bits per heavy atom. The van der Waals surface area contributed by atoms with Gasteiger partial charge in [0.15, 0.2) is 0 Å². The lowest BCUT2D eigenvalue weighted by molar-refractivity contribution is 0.188. The summed E-state index contributed by atoms with van der Waals surface area (Å²) in [6.45, 7) is 6.77. The second-order valence-corrected chi connectivity index (χ2v) is 6.56. The molecule has 1 aromatic heterocycles.